The van der Waals surface area contributed by atoms with Crippen LogP contribution >= 0.6 is 11.6 Å². The zero-order chi connectivity index (χ0) is 13.0. The van der Waals surface area contributed by atoms with E-state index in [-0.39, 0.29) is 17.2 Å². The minimum atomic E-state index is -1.03. The Morgan fingerprint density at radius 2 is 2.06 bits per heavy atom. The highest BCUT2D eigenvalue weighted by Crippen LogP contribution is 2.25. The molecule has 1 N–H and O–H groups in total. The maximum Gasteiger partial charge on any atom is 0.335 e. The molecule has 1 heterocycles. The molecule has 2 rings (SSSR count). The predicted octanol–water partition coefficient (Wildman–Crippen LogP) is 2.41. The summed E-state index contributed by atoms with van der Waals surface area (Å²) in [6.07, 6.45) is 3.22. The SMILES string of the molecule is O=C(O)c1ccc(OCc2ncccn2)c(Cl)c1. The van der Waals surface area contributed by atoms with Crippen LogP contribution in [0.15, 0.2) is 36.7 Å². The third-order valence-electron chi connectivity index (χ3n) is 2.15. The maximum atomic E-state index is 10.7. The fourth-order valence-corrected chi connectivity index (χ4v) is 1.53. The van der Waals surface area contributed by atoms with E-state index < -0.39 is 5.97 Å². The van der Waals surface area contributed by atoms with Gasteiger partial charge in [-0.3, -0.25) is 0 Å². The van der Waals surface area contributed by atoms with Gasteiger partial charge in [0, 0.05) is 12.4 Å². The number of nitrogens with zero attached hydrogens (tertiary/aromatic N) is 2. The zero-order valence-electron chi connectivity index (χ0n) is 9.21. The highest BCUT2D eigenvalue weighted by Gasteiger charge is 2.08. The van der Waals surface area contributed by atoms with E-state index in [0.29, 0.717) is 11.6 Å². The Labute approximate surface area is 108 Å². The van der Waals surface area contributed by atoms with Gasteiger partial charge in [0.15, 0.2) is 5.82 Å². The van der Waals surface area contributed by atoms with E-state index >= 15 is 0 Å². The molecule has 0 radical (unpaired) electrons. The molecule has 1 aromatic heterocycles. The minimum absolute atomic E-state index is 0.114. The number of aromatic carboxylic acids is 1. The minimum Gasteiger partial charge on any atom is -0.484 e. The highest BCUT2D eigenvalue weighted by atomic mass is 35.5. The molecule has 2 aromatic rings. The number of carboxylic acids is 1. The maximum absolute atomic E-state index is 10.7. The summed E-state index contributed by atoms with van der Waals surface area (Å²) in [5.41, 5.74) is 0.114. The second-order valence-electron chi connectivity index (χ2n) is 3.40. The van der Waals surface area contributed by atoms with Gasteiger partial charge in [-0.15, -0.1) is 0 Å². The Bertz CT molecular complexity index is 561. The molecule has 0 amide bonds. The first kappa shape index (κ1) is 12.3. The Morgan fingerprint density at radius 1 is 1.33 bits per heavy atom. The number of aromatic nitrogens is 2. The molecular weight excluding hydrogens is 256 g/mol. The molecule has 0 saturated heterocycles. The van der Waals surface area contributed by atoms with Gasteiger partial charge in [-0.25, -0.2) is 14.8 Å². The van der Waals surface area contributed by atoms with Crippen molar-refractivity contribution in [2.45, 2.75) is 6.61 Å². The van der Waals surface area contributed by atoms with Gasteiger partial charge in [-0.2, -0.15) is 0 Å². The third kappa shape index (κ3) is 2.95. The number of carbonyl (C=O) groups is 1. The van der Waals surface area contributed by atoms with Crippen LogP contribution in [0.1, 0.15) is 16.2 Å². The van der Waals surface area contributed by atoms with Crippen LogP contribution in [-0.4, -0.2) is 21.0 Å². The normalized spacial score (nSPS) is 10.1. The lowest BCUT2D eigenvalue weighted by atomic mass is 10.2. The van der Waals surface area contributed by atoms with E-state index in [0.717, 1.165) is 0 Å². The molecule has 0 saturated carbocycles. The first-order valence-electron chi connectivity index (χ1n) is 5.08. The molecule has 0 aliphatic heterocycles. The second-order valence-corrected chi connectivity index (χ2v) is 3.81. The number of benzene rings is 1. The molecule has 6 heteroatoms. The van der Waals surface area contributed by atoms with Crippen LogP contribution in [0.3, 0.4) is 0 Å². The van der Waals surface area contributed by atoms with Crippen LogP contribution in [0.5, 0.6) is 5.75 Å². The van der Waals surface area contributed by atoms with Crippen molar-refractivity contribution in [3.8, 4) is 5.75 Å². The molecular formula is C12H9ClN2O3. The molecule has 0 unspecified atom stereocenters. The van der Waals surface area contributed by atoms with Gasteiger partial charge in [0.1, 0.15) is 12.4 Å². The van der Waals surface area contributed by atoms with Crippen molar-refractivity contribution in [2.24, 2.45) is 0 Å². The lowest BCUT2D eigenvalue weighted by molar-refractivity contribution is 0.0697. The van der Waals surface area contributed by atoms with Gasteiger partial charge in [-0.1, -0.05) is 11.6 Å². The van der Waals surface area contributed by atoms with Gasteiger partial charge < -0.3 is 9.84 Å². The number of hydrogen-bond donors (Lipinski definition) is 1. The van der Waals surface area contributed by atoms with Crippen molar-refractivity contribution in [1.29, 1.82) is 0 Å². The summed E-state index contributed by atoms with van der Waals surface area (Å²) in [6.45, 7) is 0.174. The number of carboxylic acid groups (broad SMARTS) is 1. The topological polar surface area (TPSA) is 72.3 Å². The van der Waals surface area contributed by atoms with E-state index in [9.17, 15) is 4.79 Å². The Hall–Kier alpha value is -2.14. The Kier molecular flexibility index (Phi) is 3.74. The van der Waals surface area contributed by atoms with Crippen molar-refractivity contribution in [2.75, 3.05) is 0 Å². The summed E-state index contributed by atoms with van der Waals surface area (Å²) in [6, 6.07) is 5.98. The summed E-state index contributed by atoms with van der Waals surface area (Å²) in [7, 11) is 0. The monoisotopic (exact) mass is 264 g/mol. The van der Waals surface area contributed by atoms with Crippen LogP contribution in [0.2, 0.25) is 5.02 Å². The highest BCUT2D eigenvalue weighted by molar-refractivity contribution is 6.32. The molecule has 0 spiro atoms. The quantitative estimate of drug-likeness (QED) is 0.918. The van der Waals surface area contributed by atoms with Gasteiger partial charge in [0.2, 0.25) is 0 Å². The average Bonchev–Trinajstić information content (AvgIpc) is 2.38. The van der Waals surface area contributed by atoms with Gasteiger partial charge in [0.25, 0.3) is 0 Å². The first-order chi connectivity index (χ1) is 8.66. The van der Waals surface area contributed by atoms with E-state index in [1.807, 2.05) is 0 Å². The predicted molar refractivity (Wildman–Crippen MR) is 64.8 cm³/mol. The lowest BCUT2D eigenvalue weighted by Gasteiger charge is -2.07. The van der Waals surface area contributed by atoms with Gasteiger partial charge in [0.05, 0.1) is 10.6 Å². The summed E-state index contributed by atoms with van der Waals surface area (Å²) in [5.74, 6) is -0.111. The van der Waals surface area contributed by atoms with E-state index in [4.69, 9.17) is 21.4 Å². The summed E-state index contributed by atoms with van der Waals surface area (Å²) in [5, 5.41) is 9.03. The van der Waals surface area contributed by atoms with Crippen LogP contribution in [0.25, 0.3) is 0 Å². The largest absolute Gasteiger partial charge is 0.484 e. The standard InChI is InChI=1S/C12H9ClN2O3/c13-9-6-8(12(16)17)2-3-10(9)18-7-11-14-4-1-5-15-11/h1-6H,7H2,(H,16,17). The Balaban J connectivity index is 2.08. The first-order valence-corrected chi connectivity index (χ1v) is 5.46. The van der Waals surface area contributed by atoms with E-state index in [1.165, 1.54) is 18.2 Å². The van der Waals surface area contributed by atoms with Crippen molar-refractivity contribution in [1.82, 2.24) is 9.97 Å². The number of rotatable bonds is 4. The van der Waals surface area contributed by atoms with Crippen LogP contribution in [0, 0.1) is 0 Å². The fourth-order valence-electron chi connectivity index (χ4n) is 1.30. The molecule has 0 aliphatic carbocycles. The van der Waals surface area contributed by atoms with Crippen LogP contribution < -0.4 is 4.74 Å². The lowest BCUT2D eigenvalue weighted by Crippen LogP contribution is -2.02. The number of halogens is 1. The molecule has 0 fully saturated rings. The average molecular weight is 265 g/mol. The molecule has 1 aromatic carbocycles. The van der Waals surface area contributed by atoms with E-state index in [1.54, 1.807) is 18.5 Å². The number of hydrogen-bond acceptors (Lipinski definition) is 4. The molecule has 5 nitrogen and oxygen atoms in total. The van der Waals surface area contributed by atoms with Crippen molar-refractivity contribution < 1.29 is 14.6 Å². The molecule has 92 valence electrons. The van der Waals surface area contributed by atoms with Crippen LogP contribution in [0.4, 0.5) is 0 Å². The summed E-state index contributed by atoms with van der Waals surface area (Å²) >= 11 is 5.91. The molecule has 0 atom stereocenters. The molecule has 18 heavy (non-hydrogen) atoms. The van der Waals surface area contributed by atoms with Crippen LogP contribution in [-0.2, 0) is 6.61 Å². The summed E-state index contributed by atoms with van der Waals surface area (Å²) in [4.78, 5) is 18.7. The smallest absolute Gasteiger partial charge is 0.335 e. The molecule has 0 aliphatic rings. The van der Waals surface area contributed by atoms with Gasteiger partial charge >= 0.3 is 5.97 Å². The zero-order valence-corrected chi connectivity index (χ0v) is 9.96. The second kappa shape index (κ2) is 5.46. The fraction of sp³-hybridized carbons (Fsp3) is 0.0833. The Morgan fingerprint density at radius 3 is 2.67 bits per heavy atom. The van der Waals surface area contributed by atoms with Crippen molar-refractivity contribution >= 4 is 17.6 Å². The number of ether oxygens (including phenoxy) is 1. The van der Waals surface area contributed by atoms with Gasteiger partial charge in [-0.05, 0) is 24.3 Å². The van der Waals surface area contributed by atoms with E-state index in [2.05, 4.69) is 9.97 Å². The van der Waals surface area contributed by atoms with Crippen molar-refractivity contribution in [3.05, 3.63) is 53.1 Å². The molecule has 0 bridgehead atoms. The van der Waals surface area contributed by atoms with Crippen molar-refractivity contribution in [3.63, 3.8) is 0 Å². The summed E-state index contributed by atoms with van der Waals surface area (Å²) < 4.78 is 5.41. The third-order valence-corrected chi connectivity index (χ3v) is 2.45.